The van der Waals surface area contributed by atoms with E-state index >= 15 is 0 Å². The van der Waals surface area contributed by atoms with Crippen LogP contribution in [-0.2, 0) is 49.0 Å². The van der Waals surface area contributed by atoms with E-state index < -0.39 is 30.6 Å². The first-order valence-electron chi connectivity index (χ1n) is 21.5. The molecule has 0 radical (unpaired) electrons. The summed E-state index contributed by atoms with van der Waals surface area (Å²) in [6.07, 6.45) is 7.29. The number of nitriles is 2. The number of aliphatic hydroxyl groups excluding tert-OH is 2. The zero-order chi connectivity index (χ0) is 48.4. The fourth-order valence-electron chi connectivity index (χ4n) is 6.95. The van der Waals surface area contributed by atoms with Gasteiger partial charge in [-0.15, -0.1) is 0 Å². The van der Waals surface area contributed by atoms with Crippen LogP contribution in [0.5, 0.6) is 23.3 Å². The molecule has 0 fully saturated rings. The summed E-state index contributed by atoms with van der Waals surface area (Å²) in [7, 11) is 0. The molecule has 0 aliphatic rings. The highest BCUT2D eigenvalue weighted by Crippen LogP contribution is 2.33. The Hall–Kier alpha value is -8.10. The molecule has 2 aromatic carbocycles. The second-order valence-electron chi connectivity index (χ2n) is 15.7. The average molecular weight is 924 g/mol. The highest BCUT2D eigenvalue weighted by molar-refractivity contribution is 5.72. The van der Waals surface area contributed by atoms with Crippen LogP contribution in [0.3, 0.4) is 0 Å². The molecule has 6 aromatic rings. The third-order valence-electron chi connectivity index (χ3n) is 10.5. The number of rotatable bonds is 25. The number of pyridine rings is 2. The molecular formula is C49H49N9O10. The number of hydrogen-bond acceptors (Lipinski definition) is 17. The molecule has 68 heavy (non-hydrogen) atoms. The van der Waals surface area contributed by atoms with Gasteiger partial charge in [0.05, 0.1) is 55.1 Å². The number of aryl methyl sites for hydroxylation is 1. The van der Waals surface area contributed by atoms with Crippen LogP contribution < -0.4 is 24.3 Å². The van der Waals surface area contributed by atoms with Crippen molar-refractivity contribution in [2.75, 3.05) is 6.54 Å². The maximum atomic E-state index is 11.0. The molecule has 0 spiro atoms. The molecule has 0 aliphatic heterocycles. The molecule has 0 amide bonds. The summed E-state index contributed by atoms with van der Waals surface area (Å²) in [5.74, 6) is -0.620. The minimum atomic E-state index is -1.12. The first kappa shape index (κ1) is 49.3. The zero-order valence-corrected chi connectivity index (χ0v) is 37.3. The summed E-state index contributed by atoms with van der Waals surface area (Å²) >= 11 is 0. The van der Waals surface area contributed by atoms with Gasteiger partial charge in [0, 0.05) is 48.9 Å². The number of carbonyl (C=O) groups is 2. The number of carboxylic acids is 2. The molecule has 19 nitrogen and oxygen atoms in total. The number of nitrogens with zero attached hydrogens (tertiary/aromatic N) is 8. The lowest BCUT2D eigenvalue weighted by atomic mass is 9.92. The number of aromatic nitrogens is 6. The smallest absolute Gasteiger partial charge is 0.306 e. The quantitative estimate of drug-likeness (QED) is 0.0475. The second kappa shape index (κ2) is 24.4. The van der Waals surface area contributed by atoms with Crippen molar-refractivity contribution >= 4 is 11.9 Å². The van der Waals surface area contributed by atoms with Crippen LogP contribution in [-0.4, -0.2) is 81.0 Å². The molecule has 0 saturated heterocycles. The molecule has 0 saturated carbocycles. The Morgan fingerprint density at radius 1 is 0.662 bits per heavy atom. The number of ether oxygens (including phenoxy) is 4. The molecule has 4 heterocycles. The lowest BCUT2D eigenvalue weighted by Crippen LogP contribution is -2.29. The van der Waals surface area contributed by atoms with E-state index in [1.165, 1.54) is 24.8 Å². The molecule has 0 bridgehead atoms. The highest BCUT2D eigenvalue weighted by Gasteiger charge is 2.18. The number of carboxylic acid groups (broad SMARTS) is 2. The zero-order valence-electron chi connectivity index (χ0n) is 37.3. The van der Waals surface area contributed by atoms with Crippen LogP contribution >= 0.6 is 0 Å². The third-order valence-corrected chi connectivity index (χ3v) is 10.5. The van der Waals surface area contributed by atoms with Gasteiger partial charge in [-0.1, -0.05) is 36.4 Å². The van der Waals surface area contributed by atoms with Crippen LogP contribution in [0.25, 0.3) is 11.1 Å². The van der Waals surface area contributed by atoms with Gasteiger partial charge in [0.1, 0.15) is 50.2 Å². The Bertz CT molecular complexity index is 2610. The number of hydrogen-bond donors (Lipinski definition) is 5. The second-order valence-corrected chi connectivity index (χ2v) is 15.7. The lowest BCUT2D eigenvalue weighted by molar-refractivity contribution is -0.140. The molecule has 5 N–H and O–H groups in total. The van der Waals surface area contributed by atoms with E-state index in [2.05, 4.69) is 47.4 Å². The first-order valence-corrected chi connectivity index (χ1v) is 21.5. The van der Waals surface area contributed by atoms with Gasteiger partial charge in [-0.3, -0.25) is 19.6 Å². The van der Waals surface area contributed by atoms with E-state index in [9.17, 15) is 30.3 Å². The number of aliphatic hydroxyl groups is 2. The van der Waals surface area contributed by atoms with Gasteiger partial charge in [-0.05, 0) is 72.2 Å². The van der Waals surface area contributed by atoms with Gasteiger partial charge in [0.15, 0.2) is 11.5 Å². The monoisotopic (exact) mass is 923 g/mol. The molecule has 0 aliphatic carbocycles. The van der Waals surface area contributed by atoms with Crippen molar-refractivity contribution in [3.05, 3.63) is 142 Å². The van der Waals surface area contributed by atoms with Crippen molar-refractivity contribution in [3.8, 4) is 46.5 Å². The van der Waals surface area contributed by atoms with Crippen LogP contribution in [0.2, 0.25) is 0 Å². The summed E-state index contributed by atoms with van der Waals surface area (Å²) in [5.41, 5.74) is 7.65. The normalized spacial score (nSPS) is 11.7. The molecule has 0 unspecified atom stereocenters. The molecule has 2 atom stereocenters. The van der Waals surface area contributed by atoms with Crippen LogP contribution in [0.4, 0.5) is 0 Å². The van der Waals surface area contributed by atoms with Gasteiger partial charge < -0.3 is 44.7 Å². The minimum Gasteiger partial charge on any atom is -0.482 e. The van der Waals surface area contributed by atoms with Crippen molar-refractivity contribution in [1.29, 1.82) is 10.5 Å². The Kier molecular flexibility index (Phi) is 17.7. The minimum absolute atomic E-state index is 0.00849. The standard InChI is InChI=1S/C49H49N9O10/c1-30-36(28-65-42-23-55-44(11-5-8-38(59)14-46(61)62)57-48(42)67-26-34-12-32(16-50)18-52-20-34)6-3-9-40(30)41-10-4-7-37(31(41)2)29-66-43-24-56-45(25-54-22-39(60)15-47(63)64)58-49(43)68-27-35-13-33(17-51)19-53-21-35/h3-4,6-7,9-10,12-13,18-21,23-24,38-39,54,59-60H,5,8,11,14-15,22,25-29H2,1-2H3,(H,61,62)(H,63,64)/t38-,39+/m1/s1. The van der Waals surface area contributed by atoms with E-state index in [-0.39, 0.29) is 75.6 Å². The largest absolute Gasteiger partial charge is 0.482 e. The van der Waals surface area contributed by atoms with Crippen LogP contribution in [0, 0.1) is 36.5 Å². The Labute approximate surface area is 391 Å². The van der Waals surface area contributed by atoms with E-state index in [1.807, 2.05) is 50.2 Å². The highest BCUT2D eigenvalue weighted by atomic mass is 16.5. The van der Waals surface area contributed by atoms with Crippen molar-refractivity contribution in [2.45, 2.75) is 91.1 Å². The molecule has 4 aromatic heterocycles. The van der Waals surface area contributed by atoms with Crippen molar-refractivity contribution in [1.82, 2.24) is 35.2 Å². The summed E-state index contributed by atoms with van der Waals surface area (Å²) in [5, 5.41) is 59.6. The molecule has 350 valence electrons. The molecular weight excluding hydrogens is 875 g/mol. The van der Waals surface area contributed by atoms with E-state index in [4.69, 9.17) is 29.2 Å². The van der Waals surface area contributed by atoms with Gasteiger partial charge in [0.2, 0.25) is 0 Å². The van der Waals surface area contributed by atoms with Crippen LogP contribution in [0.1, 0.15) is 81.8 Å². The van der Waals surface area contributed by atoms with Gasteiger partial charge in [-0.2, -0.15) is 20.5 Å². The molecule has 6 rings (SSSR count). The Morgan fingerprint density at radius 3 is 1.68 bits per heavy atom. The summed E-state index contributed by atoms with van der Waals surface area (Å²) in [4.78, 5) is 48.2. The van der Waals surface area contributed by atoms with E-state index in [0.29, 0.717) is 46.7 Å². The Balaban J connectivity index is 1.17. The fourth-order valence-corrected chi connectivity index (χ4v) is 6.95. The number of benzene rings is 2. The van der Waals surface area contributed by atoms with E-state index in [1.54, 1.807) is 24.5 Å². The Morgan fingerprint density at radius 2 is 1.16 bits per heavy atom. The lowest BCUT2D eigenvalue weighted by Gasteiger charge is -2.18. The number of nitrogens with one attached hydrogen (secondary N) is 1. The predicted octanol–water partition coefficient (Wildman–Crippen LogP) is 5.48. The predicted molar refractivity (Wildman–Crippen MR) is 242 cm³/mol. The van der Waals surface area contributed by atoms with Crippen molar-refractivity contribution < 1.29 is 49.0 Å². The first-order chi connectivity index (χ1) is 32.9. The number of aliphatic carboxylic acids is 2. The van der Waals surface area contributed by atoms with Gasteiger partial charge in [-0.25, -0.2) is 9.97 Å². The fraction of sp³-hybridized carbons (Fsp3) is 0.306. The summed E-state index contributed by atoms with van der Waals surface area (Å²) < 4.78 is 24.8. The maximum Gasteiger partial charge on any atom is 0.306 e. The average Bonchev–Trinajstić information content (AvgIpc) is 3.32. The van der Waals surface area contributed by atoms with Crippen LogP contribution in [0.15, 0.2) is 85.7 Å². The van der Waals surface area contributed by atoms with Gasteiger partial charge in [0.25, 0.3) is 11.8 Å². The maximum absolute atomic E-state index is 11.0. The van der Waals surface area contributed by atoms with Gasteiger partial charge >= 0.3 is 11.9 Å². The SMILES string of the molecule is Cc1c(COc2cnc(CCC[C@@H](O)CC(=O)O)nc2OCc2cncc(C#N)c2)cccc1-c1cccc(COc2cnc(CNC[C@@H](O)CC(=O)O)nc2OCc2cncc(C#N)c2)c1C. The van der Waals surface area contributed by atoms with E-state index in [0.717, 1.165) is 33.4 Å². The topological polar surface area (TPSA) is 289 Å². The van der Waals surface area contributed by atoms with Crippen molar-refractivity contribution in [2.24, 2.45) is 0 Å². The third kappa shape index (κ3) is 14.4. The summed E-state index contributed by atoms with van der Waals surface area (Å²) in [6.45, 7) is 4.47. The molecule has 19 heteroatoms. The summed E-state index contributed by atoms with van der Waals surface area (Å²) in [6, 6.07) is 19.3. The van der Waals surface area contributed by atoms with Crippen molar-refractivity contribution in [3.63, 3.8) is 0 Å².